The predicted molar refractivity (Wildman–Crippen MR) is 148 cm³/mol. The molecule has 0 heterocycles. The van der Waals surface area contributed by atoms with E-state index < -0.39 is 0 Å². The Bertz CT molecular complexity index is 462. The monoisotopic (exact) mass is 463 g/mol. The van der Waals surface area contributed by atoms with Gasteiger partial charge in [-0.15, -0.1) is 0 Å². The zero-order valence-corrected chi connectivity index (χ0v) is 23.6. The summed E-state index contributed by atoms with van der Waals surface area (Å²) in [4.78, 5) is 14.2. The molecule has 0 saturated heterocycles. The van der Waals surface area contributed by atoms with Gasteiger partial charge >= 0.3 is 0 Å². The summed E-state index contributed by atoms with van der Waals surface area (Å²) < 4.78 is 0. The minimum Gasteiger partial charge on any atom is -0.211 e. The number of rotatable bonds is 25. The molecule has 0 radical (unpaired) electrons. The molecule has 0 atom stereocenters. The van der Waals surface area contributed by atoms with E-state index in [4.69, 9.17) is 0 Å². The van der Waals surface area contributed by atoms with E-state index in [1.807, 2.05) is 0 Å². The average molecular weight is 464 g/mol. The first-order chi connectivity index (χ1) is 15.8. The third-order valence-electron chi connectivity index (χ3n) is 7.24. The number of isocyanates is 1. The summed E-state index contributed by atoms with van der Waals surface area (Å²) >= 11 is 0. The van der Waals surface area contributed by atoms with Crippen molar-refractivity contribution < 1.29 is 4.79 Å². The van der Waals surface area contributed by atoms with E-state index in [1.54, 1.807) is 6.08 Å². The van der Waals surface area contributed by atoms with Crippen LogP contribution in [0, 0.1) is 10.8 Å². The van der Waals surface area contributed by atoms with Gasteiger partial charge in [-0.25, -0.2) is 9.79 Å². The lowest BCUT2D eigenvalue weighted by molar-refractivity contribution is 0.184. The van der Waals surface area contributed by atoms with Gasteiger partial charge in [0.25, 0.3) is 0 Å². The molecule has 0 N–H and O–H groups in total. The summed E-state index contributed by atoms with van der Waals surface area (Å²) in [6.07, 6.45) is 32.8. The second kappa shape index (κ2) is 21.9. The van der Waals surface area contributed by atoms with Crippen LogP contribution in [0.4, 0.5) is 0 Å². The fourth-order valence-electron chi connectivity index (χ4n) is 5.54. The van der Waals surface area contributed by atoms with Gasteiger partial charge in [0.2, 0.25) is 6.08 Å². The van der Waals surface area contributed by atoms with Crippen LogP contribution in [0.2, 0.25) is 0 Å². The molecule has 0 aromatic rings. The van der Waals surface area contributed by atoms with Crippen molar-refractivity contribution in [2.75, 3.05) is 6.54 Å². The van der Waals surface area contributed by atoms with Crippen molar-refractivity contribution in [1.29, 1.82) is 0 Å². The van der Waals surface area contributed by atoms with Crippen LogP contribution in [-0.2, 0) is 4.79 Å². The summed E-state index contributed by atoms with van der Waals surface area (Å²) in [7, 11) is 0. The number of hydrogen-bond donors (Lipinski definition) is 0. The van der Waals surface area contributed by atoms with Gasteiger partial charge in [-0.1, -0.05) is 163 Å². The highest BCUT2D eigenvalue weighted by Crippen LogP contribution is 2.37. The Labute approximate surface area is 209 Å². The third-order valence-corrected chi connectivity index (χ3v) is 7.24. The molecule has 0 saturated carbocycles. The van der Waals surface area contributed by atoms with Gasteiger partial charge in [0.05, 0.1) is 6.54 Å². The van der Waals surface area contributed by atoms with E-state index in [0.717, 1.165) is 6.42 Å². The summed E-state index contributed by atoms with van der Waals surface area (Å²) in [6, 6.07) is 0. The number of unbranched alkanes of at least 4 members (excludes halogenated alkanes) is 19. The van der Waals surface area contributed by atoms with Crippen LogP contribution < -0.4 is 0 Å². The average Bonchev–Trinajstić information content (AvgIpc) is 2.75. The van der Waals surface area contributed by atoms with Gasteiger partial charge in [0.1, 0.15) is 0 Å². The van der Waals surface area contributed by atoms with E-state index in [2.05, 4.69) is 39.6 Å². The Morgan fingerprint density at radius 2 is 0.848 bits per heavy atom. The quantitative estimate of drug-likeness (QED) is 0.0751. The lowest BCUT2D eigenvalue weighted by Gasteiger charge is -2.34. The highest BCUT2D eigenvalue weighted by atomic mass is 16.1. The second-order valence-corrected chi connectivity index (χ2v) is 12.4. The van der Waals surface area contributed by atoms with E-state index in [-0.39, 0.29) is 5.41 Å². The number of hydrogen-bond acceptors (Lipinski definition) is 2. The predicted octanol–water partition coefficient (Wildman–Crippen LogP) is 11.0. The van der Waals surface area contributed by atoms with Crippen molar-refractivity contribution in [1.82, 2.24) is 0 Å². The first kappa shape index (κ1) is 32.4. The topological polar surface area (TPSA) is 29.4 Å². The van der Waals surface area contributed by atoms with Crippen LogP contribution in [0.15, 0.2) is 4.99 Å². The molecular formula is C31H61NO. The van der Waals surface area contributed by atoms with Crippen LogP contribution in [0.3, 0.4) is 0 Å². The molecule has 0 unspecified atom stereocenters. The third kappa shape index (κ3) is 24.3. The van der Waals surface area contributed by atoms with Gasteiger partial charge < -0.3 is 0 Å². The minimum absolute atomic E-state index is 0.0917. The first-order valence-electron chi connectivity index (χ1n) is 14.9. The van der Waals surface area contributed by atoms with Gasteiger partial charge in [0, 0.05) is 0 Å². The highest BCUT2D eigenvalue weighted by Gasteiger charge is 2.28. The molecule has 2 heteroatoms. The van der Waals surface area contributed by atoms with Gasteiger partial charge in [0.15, 0.2) is 0 Å². The Kier molecular flexibility index (Phi) is 21.5. The van der Waals surface area contributed by atoms with Crippen LogP contribution >= 0.6 is 0 Å². The molecule has 0 aromatic heterocycles. The van der Waals surface area contributed by atoms with Crippen LogP contribution in [0.25, 0.3) is 0 Å². The molecule has 0 aliphatic carbocycles. The Morgan fingerprint density at radius 3 is 1.18 bits per heavy atom. The minimum atomic E-state index is 0.0917. The van der Waals surface area contributed by atoms with Gasteiger partial charge in [-0.3, -0.25) is 0 Å². The largest absolute Gasteiger partial charge is 0.234 e. The van der Waals surface area contributed by atoms with E-state index in [9.17, 15) is 4.79 Å². The van der Waals surface area contributed by atoms with Crippen molar-refractivity contribution in [3.63, 3.8) is 0 Å². The van der Waals surface area contributed by atoms with Crippen molar-refractivity contribution in [3.05, 3.63) is 0 Å². The van der Waals surface area contributed by atoms with Gasteiger partial charge in [-0.05, 0) is 23.7 Å². The number of nitrogens with zero attached hydrogens (tertiary/aromatic N) is 1. The molecule has 33 heavy (non-hydrogen) atoms. The molecule has 0 spiro atoms. The number of aliphatic imine (C=N–C) groups is 1. The van der Waals surface area contributed by atoms with E-state index in [1.165, 1.54) is 135 Å². The van der Waals surface area contributed by atoms with Crippen molar-refractivity contribution in [2.24, 2.45) is 15.8 Å². The van der Waals surface area contributed by atoms with Gasteiger partial charge in [-0.2, -0.15) is 0 Å². The summed E-state index contributed by atoms with van der Waals surface area (Å²) in [5, 5.41) is 0. The standard InChI is InChI=1S/C31H61NO/c1-6-7-8-9-10-11-12-13-14-15-16-17-18-19-20-21-22-23-24-25-26-30(2,3)27-31(4,5)28-32-29-33/h6-28H2,1-5H3. The highest BCUT2D eigenvalue weighted by molar-refractivity contribution is 5.32. The number of carbonyl (C=O) groups excluding carboxylic acids is 1. The first-order valence-corrected chi connectivity index (χ1v) is 14.9. The fraction of sp³-hybridized carbons (Fsp3) is 0.968. The molecule has 196 valence electrons. The Balaban J connectivity index is 3.36. The molecule has 0 bridgehead atoms. The molecule has 0 fully saturated rings. The van der Waals surface area contributed by atoms with Crippen LogP contribution in [0.5, 0.6) is 0 Å². The molecule has 0 aromatic carbocycles. The van der Waals surface area contributed by atoms with Crippen molar-refractivity contribution in [2.45, 2.75) is 176 Å². The maximum Gasteiger partial charge on any atom is 0.234 e. The summed E-state index contributed by atoms with van der Waals surface area (Å²) in [5.41, 5.74) is 0.421. The molecular weight excluding hydrogens is 402 g/mol. The maximum atomic E-state index is 10.4. The summed E-state index contributed by atoms with van der Waals surface area (Å²) in [6.45, 7) is 12.1. The molecule has 0 aliphatic heterocycles. The smallest absolute Gasteiger partial charge is 0.211 e. The zero-order chi connectivity index (χ0) is 24.7. The Hall–Kier alpha value is -0.620. The SMILES string of the molecule is CCCCCCCCCCCCCCCCCCCCCCC(C)(C)CC(C)(C)CN=C=O. The summed E-state index contributed by atoms with van der Waals surface area (Å²) in [5.74, 6) is 0. The molecule has 2 nitrogen and oxygen atoms in total. The zero-order valence-electron chi connectivity index (χ0n) is 23.6. The second-order valence-electron chi connectivity index (χ2n) is 12.4. The Morgan fingerprint density at radius 1 is 0.515 bits per heavy atom. The fourth-order valence-corrected chi connectivity index (χ4v) is 5.54. The lowest BCUT2D eigenvalue weighted by Crippen LogP contribution is -2.25. The van der Waals surface area contributed by atoms with Crippen molar-refractivity contribution >= 4 is 6.08 Å². The van der Waals surface area contributed by atoms with Crippen LogP contribution in [0.1, 0.15) is 176 Å². The maximum absolute atomic E-state index is 10.4. The molecule has 0 aliphatic rings. The van der Waals surface area contributed by atoms with E-state index >= 15 is 0 Å². The van der Waals surface area contributed by atoms with E-state index in [0.29, 0.717) is 12.0 Å². The van der Waals surface area contributed by atoms with Crippen LogP contribution in [-0.4, -0.2) is 12.6 Å². The van der Waals surface area contributed by atoms with Crippen molar-refractivity contribution in [3.8, 4) is 0 Å². The lowest BCUT2D eigenvalue weighted by atomic mass is 9.72. The molecule has 0 rings (SSSR count). The normalized spacial score (nSPS) is 12.2. The molecule has 0 amide bonds.